The molecule has 24 heavy (non-hydrogen) atoms. The van der Waals surface area contributed by atoms with E-state index < -0.39 is 0 Å². The van der Waals surface area contributed by atoms with Crippen LogP contribution in [0.2, 0.25) is 0 Å². The summed E-state index contributed by atoms with van der Waals surface area (Å²) >= 11 is 0. The van der Waals surface area contributed by atoms with Gasteiger partial charge in [0.25, 0.3) is 0 Å². The number of hydrogen-bond donors (Lipinski definition) is 2. The van der Waals surface area contributed by atoms with Crippen LogP contribution < -0.4 is 15.8 Å². The van der Waals surface area contributed by atoms with E-state index in [0.29, 0.717) is 19.1 Å². The Hall–Kier alpha value is -1.79. The van der Waals surface area contributed by atoms with Crippen molar-refractivity contribution in [1.29, 1.82) is 0 Å². The Bertz CT molecular complexity index is 583. The molecule has 132 valence electrons. The number of benzene rings is 1. The van der Waals surface area contributed by atoms with Gasteiger partial charge in [0.2, 0.25) is 0 Å². The van der Waals surface area contributed by atoms with Crippen LogP contribution in [0.15, 0.2) is 29.3 Å². The van der Waals surface area contributed by atoms with Crippen molar-refractivity contribution >= 4 is 11.6 Å². The number of rotatable bonds is 4. The molecular formula is C18H27N3O3. The van der Waals surface area contributed by atoms with E-state index in [9.17, 15) is 0 Å². The summed E-state index contributed by atoms with van der Waals surface area (Å²) in [4.78, 5) is 4.39. The number of anilines is 1. The third kappa shape index (κ3) is 3.99. The maximum absolute atomic E-state index is 6.15. The lowest BCUT2D eigenvalue weighted by Gasteiger charge is -2.34. The van der Waals surface area contributed by atoms with Gasteiger partial charge in [-0.3, -0.25) is 4.99 Å². The smallest absolute Gasteiger partial charge is 0.193 e. The highest BCUT2D eigenvalue weighted by atomic mass is 16.7. The molecule has 1 aromatic rings. The maximum Gasteiger partial charge on any atom is 0.193 e. The zero-order chi connectivity index (χ0) is 17.0. The van der Waals surface area contributed by atoms with Crippen LogP contribution in [0.25, 0.3) is 0 Å². The number of aliphatic imine (C=N–C) groups is 1. The van der Waals surface area contributed by atoms with Crippen LogP contribution in [0.4, 0.5) is 5.69 Å². The highest BCUT2D eigenvalue weighted by Gasteiger charge is 2.43. The van der Waals surface area contributed by atoms with Crippen molar-refractivity contribution in [3.8, 4) is 5.75 Å². The largest absolute Gasteiger partial charge is 0.495 e. The predicted octanol–water partition coefficient (Wildman–Crippen LogP) is 2.74. The fourth-order valence-corrected chi connectivity index (χ4v) is 3.30. The van der Waals surface area contributed by atoms with Crippen molar-refractivity contribution in [3.05, 3.63) is 24.3 Å². The first-order chi connectivity index (χ1) is 11.6. The molecular weight excluding hydrogens is 306 g/mol. The van der Waals surface area contributed by atoms with Crippen molar-refractivity contribution in [2.75, 3.05) is 25.6 Å². The van der Waals surface area contributed by atoms with Gasteiger partial charge in [-0.2, -0.15) is 0 Å². The molecule has 1 atom stereocenters. The quantitative estimate of drug-likeness (QED) is 0.654. The van der Waals surface area contributed by atoms with Gasteiger partial charge in [-0.25, -0.2) is 0 Å². The molecule has 2 fully saturated rings. The van der Waals surface area contributed by atoms with Gasteiger partial charge in [0.05, 0.1) is 25.9 Å². The van der Waals surface area contributed by atoms with E-state index in [4.69, 9.17) is 19.9 Å². The molecule has 0 radical (unpaired) electrons. The van der Waals surface area contributed by atoms with Gasteiger partial charge in [0.1, 0.15) is 11.9 Å². The molecule has 3 N–H and O–H groups in total. The Morgan fingerprint density at radius 3 is 2.88 bits per heavy atom. The molecule has 1 saturated carbocycles. The normalized spacial score (nSPS) is 30.5. The van der Waals surface area contributed by atoms with E-state index in [2.05, 4.69) is 17.2 Å². The lowest BCUT2D eigenvalue weighted by molar-refractivity contribution is -0.190. The Kier molecular flexibility index (Phi) is 5.26. The minimum atomic E-state index is -0.377. The topological polar surface area (TPSA) is 78.1 Å². The summed E-state index contributed by atoms with van der Waals surface area (Å²) in [6.45, 7) is 3.36. The van der Waals surface area contributed by atoms with Crippen molar-refractivity contribution in [1.82, 2.24) is 0 Å². The monoisotopic (exact) mass is 333 g/mol. The Morgan fingerprint density at radius 1 is 1.38 bits per heavy atom. The Labute approximate surface area is 143 Å². The lowest BCUT2D eigenvalue weighted by Crippen LogP contribution is -2.35. The number of guanidine groups is 1. The van der Waals surface area contributed by atoms with E-state index in [1.54, 1.807) is 7.11 Å². The molecule has 3 rings (SSSR count). The summed E-state index contributed by atoms with van der Waals surface area (Å²) in [6.07, 6.45) is 4.24. The van der Waals surface area contributed by atoms with Crippen LogP contribution in [0, 0.1) is 5.92 Å². The van der Waals surface area contributed by atoms with Crippen molar-refractivity contribution in [2.24, 2.45) is 16.6 Å². The van der Waals surface area contributed by atoms with Crippen molar-refractivity contribution in [3.63, 3.8) is 0 Å². The van der Waals surface area contributed by atoms with Crippen molar-refractivity contribution < 1.29 is 14.2 Å². The second kappa shape index (κ2) is 7.40. The highest BCUT2D eigenvalue weighted by Crippen LogP contribution is 2.39. The molecule has 0 aromatic heterocycles. The molecule has 1 spiro atoms. The zero-order valence-corrected chi connectivity index (χ0v) is 14.5. The molecule has 1 aromatic carbocycles. The number of nitrogens with zero attached hydrogens (tertiary/aromatic N) is 1. The fourth-order valence-electron chi connectivity index (χ4n) is 3.30. The number of nitrogens with one attached hydrogen (secondary N) is 1. The van der Waals surface area contributed by atoms with E-state index >= 15 is 0 Å². The predicted molar refractivity (Wildman–Crippen MR) is 94.3 cm³/mol. The summed E-state index contributed by atoms with van der Waals surface area (Å²) in [7, 11) is 1.63. The number of para-hydroxylation sites is 2. The third-order valence-electron chi connectivity index (χ3n) is 4.78. The van der Waals surface area contributed by atoms with Crippen LogP contribution in [0.3, 0.4) is 0 Å². The SMILES string of the molecule is COc1ccccc1NC(N)=NCC1COC2(CCC(C)CC2)O1. The summed E-state index contributed by atoms with van der Waals surface area (Å²) in [5, 5.41) is 3.07. The van der Waals surface area contributed by atoms with Gasteiger partial charge in [0.15, 0.2) is 11.7 Å². The fraction of sp³-hybridized carbons (Fsp3) is 0.611. The van der Waals surface area contributed by atoms with Crippen LogP contribution in [-0.4, -0.2) is 38.1 Å². The van der Waals surface area contributed by atoms with Crippen LogP contribution in [0.5, 0.6) is 5.75 Å². The Balaban J connectivity index is 1.52. The zero-order valence-electron chi connectivity index (χ0n) is 14.5. The van der Waals surface area contributed by atoms with Crippen LogP contribution >= 0.6 is 0 Å². The molecule has 1 aliphatic heterocycles. The van der Waals surface area contributed by atoms with Crippen LogP contribution in [0.1, 0.15) is 32.6 Å². The average Bonchev–Trinajstić information content (AvgIpc) is 3.00. The number of nitrogens with two attached hydrogens (primary N) is 1. The van der Waals surface area contributed by atoms with E-state index in [0.717, 1.165) is 43.0 Å². The Morgan fingerprint density at radius 2 is 2.12 bits per heavy atom. The molecule has 1 saturated heterocycles. The summed E-state index contributed by atoms with van der Waals surface area (Å²) < 4.78 is 17.4. The first-order valence-electron chi connectivity index (χ1n) is 8.62. The molecule has 0 amide bonds. The van der Waals surface area contributed by atoms with E-state index in [-0.39, 0.29) is 11.9 Å². The average molecular weight is 333 g/mol. The minimum absolute atomic E-state index is 0.0311. The molecule has 6 nitrogen and oxygen atoms in total. The standard InChI is InChI=1S/C18H27N3O3/c1-13-7-9-18(10-8-13)23-12-14(24-18)11-20-17(19)21-15-5-3-4-6-16(15)22-2/h3-6,13-14H,7-12H2,1-2H3,(H3,19,20,21). The molecule has 0 bridgehead atoms. The first kappa shape index (κ1) is 17.0. The van der Waals surface area contributed by atoms with Gasteiger partial charge in [-0.1, -0.05) is 19.1 Å². The van der Waals surface area contributed by atoms with Crippen molar-refractivity contribution in [2.45, 2.75) is 44.5 Å². The van der Waals surface area contributed by atoms with Gasteiger partial charge in [0, 0.05) is 12.8 Å². The lowest BCUT2D eigenvalue weighted by atomic mass is 9.86. The summed E-state index contributed by atoms with van der Waals surface area (Å²) in [6, 6.07) is 7.59. The highest BCUT2D eigenvalue weighted by molar-refractivity contribution is 5.93. The molecule has 6 heteroatoms. The maximum atomic E-state index is 6.15. The minimum Gasteiger partial charge on any atom is -0.495 e. The first-order valence-corrected chi connectivity index (χ1v) is 8.62. The molecule has 2 aliphatic rings. The molecule has 1 aliphatic carbocycles. The van der Waals surface area contributed by atoms with Gasteiger partial charge in [-0.05, 0) is 30.9 Å². The molecule has 1 unspecified atom stereocenters. The number of methoxy groups -OCH3 is 1. The van der Waals surface area contributed by atoms with Gasteiger partial charge < -0.3 is 25.3 Å². The number of ether oxygens (including phenoxy) is 3. The van der Waals surface area contributed by atoms with Gasteiger partial charge >= 0.3 is 0 Å². The number of hydrogen-bond acceptors (Lipinski definition) is 4. The van der Waals surface area contributed by atoms with E-state index in [1.165, 1.54) is 0 Å². The van der Waals surface area contributed by atoms with E-state index in [1.807, 2.05) is 24.3 Å². The van der Waals surface area contributed by atoms with Gasteiger partial charge in [-0.15, -0.1) is 0 Å². The second-order valence-electron chi connectivity index (χ2n) is 6.70. The summed E-state index contributed by atoms with van der Waals surface area (Å²) in [5.74, 6) is 1.46. The molecule has 1 heterocycles. The van der Waals surface area contributed by atoms with Crippen LogP contribution in [-0.2, 0) is 9.47 Å². The second-order valence-corrected chi connectivity index (χ2v) is 6.70. The third-order valence-corrected chi connectivity index (χ3v) is 4.78. The summed E-state index contributed by atoms with van der Waals surface area (Å²) in [5.41, 5.74) is 6.78.